The molecule has 25 heavy (non-hydrogen) atoms. The minimum Gasteiger partial charge on any atom is -0.350 e. The number of aromatic nitrogens is 1. The van der Waals surface area contributed by atoms with Crippen molar-refractivity contribution < 1.29 is 4.79 Å². The summed E-state index contributed by atoms with van der Waals surface area (Å²) in [5.74, 6) is 0.860. The van der Waals surface area contributed by atoms with Gasteiger partial charge in [0, 0.05) is 17.5 Å². The molecule has 2 aromatic rings. The zero-order valence-corrected chi connectivity index (χ0v) is 15.6. The highest BCUT2D eigenvalue weighted by atomic mass is 32.2. The van der Waals surface area contributed by atoms with Crippen molar-refractivity contribution in [3.05, 3.63) is 69.6 Å². The van der Waals surface area contributed by atoms with Crippen LogP contribution in [-0.4, -0.2) is 27.5 Å². The van der Waals surface area contributed by atoms with Gasteiger partial charge in [-0.2, -0.15) is 11.8 Å². The average molecular weight is 356 g/mol. The van der Waals surface area contributed by atoms with Crippen LogP contribution in [0, 0.1) is 6.92 Å². The SMILES string of the molecule is Cc1cccc(Cn2cccc(C(=O)NCC3(C)CCCS3)c2=O)c1. The van der Waals surface area contributed by atoms with Crippen molar-refractivity contribution in [1.82, 2.24) is 9.88 Å². The van der Waals surface area contributed by atoms with Gasteiger partial charge in [0.05, 0.1) is 6.54 Å². The molecular weight excluding hydrogens is 332 g/mol. The summed E-state index contributed by atoms with van der Waals surface area (Å²) in [5, 5.41) is 2.95. The van der Waals surface area contributed by atoms with Crippen molar-refractivity contribution in [2.45, 2.75) is 38.0 Å². The Kier molecular flexibility index (Phi) is 5.33. The summed E-state index contributed by atoms with van der Waals surface area (Å²) < 4.78 is 1.68. The second-order valence-electron chi connectivity index (χ2n) is 6.93. The Morgan fingerprint density at radius 1 is 1.32 bits per heavy atom. The summed E-state index contributed by atoms with van der Waals surface area (Å²) in [4.78, 5) is 25.2. The normalized spacial score (nSPS) is 19.8. The summed E-state index contributed by atoms with van der Waals surface area (Å²) in [5.41, 5.74) is 2.17. The quantitative estimate of drug-likeness (QED) is 0.895. The molecule has 1 aliphatic rings. The van der Waals surface area contributed by atoms with Crippen molar-refractivity contribution >= 4 is 17.7 Å². The van der Waals surface area contributed by atoms with Crippen LogP contribution in [0.3, 0.4) is 0 Å². The van der Waals surface area contributed by atoms with Gasteiger partial charge in [-0.15, -0.1) is 0 Å². The van der Waals surface area contributed by atoms with Gasteiger partial charge >= 0.3 is 0 Å². The van der Waals surface area contributed by atoms with Crippen LogP contribution >= 0.6 is 11.8 Å². The van der Waals surface area contributed by atoms with Crippen LogP contribution in [-0.2, 0) is 6.54 Å². The zero-order valence-electron chi connectivity index (χ0n) is 14.7. The predicted octanol–water partition coefficient (Wildman–Crippen LogP) is 3.22. The fraction of sp³-hybridized carbons (Fsp3) is 0.400. The number of pyridine rings is 1. The van der Waals surface area contributed by atoms with Crippen molar-refractivity contribution in [1.29, 1.82) is 0 Å². The zero-order chi connectivity index (χ0) is 17.9. The van der Waals surface area contributed by atoms with Crippen LogP contribution in [0.15, 0.2) is 47.4 Å². The molecule has 0 spiro atoms. The first kappa shape index (κ1) is 17.8. The molecule has 3 rings (SSSR count). The van der Waals surface area contributed by atoms with Crippen LogP contribution in [0.5, 0.6) is 0 Å². The fourth-order valence-corrected chi connectivity index (χ4v) is 4.42. The number of carbonyl (C=O) groups is 1. The topological polar surface area (TPSA) is 51.1 Å². The minimum absolute atomic E-state index is 0.0883. The molecule has 4 nitrogen and oxygen atoms in total. The highest BCUT2D eigenvalue weighted by Crippen LogP contribution is 2.36. The third-order valence-electron chi connectivity index (χ3n) is 4.62. The Balaban J connectivity index is 1.74. The van der Waals surface area contributed by atoms with E-state index in [9.17, 15) is 9.59 Å². The maximum Gasteiger partial charge on any atom is 0.263 e. The van der Waals surface area contributed by atoms with Crippen LogP contribution in [0.25, 0.3) is 0 Å². The first-order valence-electron chi connectivity index (χ1n) is 8.64. The highest BCUT2D eigenvalue weighted by molar-refractivity contribution is 8.00. The number of nitrogens with one attached hydrogen (secondary N) is 1. The van der Waals surface area contributed by atoms with Gasteiger partial charge in [0.25, 0.3) is 11.5 Å². The Hall–Kier alpha value is -2.01. The Morgan fingerprint density at radius 3 is 2.88 bits per heavy atom. The van der Waals surface area contributed by atoms with Crippen LogP contribution < -0.4 is 10.9 Å². The molecule has 1 aromatic carbocycles. The third kappa shape index (κ3) is 4.34. The van der Waals surface area contributed by atoms with Gasteiger partial charge in [0.15, 0.2) is 0 Å². The highest BCUT2D eigenvalue weighted by Gasteiger charge is 2.30. The second kappa shape index (κ2) is 7.48. The van der Waals surface area contributed by atoms with Gasteiger partial charge in [-0.3, -0.25) is 9.59 Å². The van der Waals surface area contributed by atoms with Crippen LogP contribution in [0.1, 0.15) is 41.3 Å². The molecule has 5 heteroatoms. The van der Waals surface area contributed by atoms with E-state index in [4.69, 9.17) is 0 Å². The van der Waals surface area contributed by atoms with Gasteiger partial charge in [0.2, 0.25) is 0 Å². The van der Waals surface area contributed by atoms with E-state index in [1.807, 2.05) is 36.9 Å². The molecule has 1 N–H and O–H groups in total. The summed E-state index contributed by atoms with van der Waals surface area (Å²) in [6, 6.07) is 11.4. The molecule has 0 bridgehead atoms. The minimum atomic E-state index is -0.280. The maximum atomic E-state index is 12.7. The first-order chi connectivity index (χ1) is 12.0. The number of nitrogens with zero attached hydrogens (tertiary/aromatic N) is 1. The molecule has 132 valence electrons. The van der Waals surface area contributed by atoms with Crippen molar-refractivity contribution in [3.8, 4) is 0 Å². The Labute approximate surface area is 152 Å². The number of hydrogen-bond donors (Lipinski definition) is 1. The Bertz CT molecular complexity index is 822. The number of thioether (sulfide) groups is 1. The van der Waals surface area contributed by atoms with E-state index in [1.54, 1.807) is 22.9 Å². The molecule has 1 unspecified atom stereocenters. The van der Waals surface area contributed by atoms with E-state index in [-0.39, 0.29) is 21.8 Å². The first-order valence-corrected chi connectivity index (χ1v) is 9.63. The molecule has 0 aliphatic carbocycles. The third-order valence-corrected chi connectivity index (χ3v) is 6.16. The van der Waals surface area contributed by atoms with Gasteiger partial charge in [0.1, 0.15) is 5.56 Å². The lowest BCUT2D eigenvalue weighted by Crippen LogP contribution is -2.39. The lowest BCUT2D eigenvalue weighted by molar-refractivity contribution is 0.0948. The van der Waals surface area contributed by atoms with E-state index in [2.05, 4.69) is 18.3 Å². The van der Waals surface area contributed by atoms with E-state index in [0.717, 1.165) is 23.3 Å². The number of aryl methyl sites for hydroxylation is 1. The number of hydrogen-bond acceptors (Lipinski definition) is 3. The molecule has 1 aromatic heterocycles. The lowest BCUT2D eigenvalue weighted by atomic mass is 10.1. The molecule has 2 heterocycles. The van der Waals surface area contributed by atoms with Crippen LogP contribution in [0.4, 0.5) is 0 Å². The molecule has 1 atom stereocenters. The molecule has 1 aliphatic heterocycles. The monoisotopic (exact) mass is 356 g/mol. The summed E-state index contributed by atoms with van der Waals surface area (Å²) in [6.07, 6.45) is 4.02. The fourth-order valence-electron chi connectivity index (χ4n) is 3.18. The molecular formula is C20H24N2O2S. The summed E-state index contributed by atoms with van der Waals surface area (Å²) in [6.45, 7) is 5.27. The molecule has 0 saturated carbocycles. The van der Waals surface area contributed by atoms with Gasteiger partial charge in [-0.25, -0.2) is 0 Å². The average Bonchev–Trinajstić information content (AvgIpc) is 3.02. The standard InChI is InChI=1S/C20H24N2O2S/c1-15-6-3-7-16(12-15)13-22-10-4-8-17(19(22)24)18(23)21-14-20(2)9-5-11-25-20/h3-4,6-8,10,12H,5,9,11,13-14H2,1-2H3,(H,21,23). The maximum absolute atomic E-state index is 12.7. The number of carbonyl (C=O) groups excluding carboxylic acids is 1. The molecule has 0 radical (unpaired) electrons. The lowest BCUT2D eigenvalue weighted by Gasteiger charge is -2.22. The van der Waals surface area contributed by atoms with E-state index >= 15 is 0 Å². The molecule has 1 saturated heterocycles. The number of amides is 1. The van der Waals surface area contributed by atoms with Crippen LogP contribution in [0.2, 0.25) is 0 Å². The second-order valence-corrected chi connectivity index (χ2v) is 8.61. The molecule has 1 fully saturated rings. The van der Waals surface area contributed by atoms with Gasteiger partial charge in [-0.1, -0.05) is 29.8 Å². The molecule has 1 amide bonds. The smallest absolute Gasteiger partial charge is 0.263 e. The van der Waals surface area contributed by atoms with Crippen molar-refractivity contribution in [2.24, 2.45) is 0 Å². The van der Waals surface area contributed by atoms with E-state index in [0.29, 0.717) is 13.1 Å². The Morgan fingerprint density at radius 2 is 2.16 bits per heavy atom. The number of benzene rings is 1. The van der Waals surface area contributed by atoms with Crippen molar-refractivity contribution in [2.75, 3.05) is 12.3 Å². The van der Waals surface area contributed by atoms with E-state index < -0.39 is 0 Å². The predicted molar refractivity (Wildman–Crippen MR) is 103 cm³/mol. The summed E-state index contributed by atoms with van der Waals surface area (Å²) in [7, 11) is 0. The van der Waals surface area contributed by atoms with Gasteiger partial charge < -0.3 is 9.88 Å². The number of rotatable bonds is 5. The summed E-state index contributed by atoms with van der Waals surface area (Å²) >= 11 is 1.89. The van der Waals surface area contributed by atoms with Gasteiger partial charge in [-0.05, 0) is 50.1 Å². The van der Waals surface area contributed by atoms with E-state index in [1.165, 1.54) is 6.42 Å². The van der Waals surface area contributed by atoms with Crippen molar-refractivity contribution in [3.63, 3.8) is 0 Å². The largest absolute Gasteiger partial charge is 0.350 e.